The van der Waals surface area contributed by atoms with E-state index in [-0.39, 0.29) is 19.2 Å². The van der Waals surface area contributed by atoms with Gasteiger partial charge >= 0.3 is 6.09 Å². The highest BCUT2D eigenvalue weighted by Gasteiger charge is 2.26. The van der Waals surface area contributed by atoms with E-state index in [9.17, 15) is 9.59 Å². The van der Waals surface area contributed by atoms with E-state index in [0.717, 1.165) is 0 Å². The third-order valence-electron chi connectivity index (χ3n) is 3.67. The van der Waals surface area contributed by atoms with E-state index in [0.29, 0.717) is 23.6 Å². The van der Waals surface area contributed by atoms with Crippen LogP contribution in [-0.2, 0) is 4.74 Å². The average molecular weight is 322 g/mol. The van der Waals surface area contributed by atoms with E-state index in [1.165, 1.54) is 4.90 Å². The van der Waals surface area contributed by atoms with Gasteiger partial charge in [0.05, 0.1) is 6.04 Å². The molecule has 1 aromatic rings. The minimum atomic E-state index is -0.637. The van der Waals surface area contributed by atoms with E-state index in [1.807, 2.05) is 19.0 Å². The summed E-state index contributed by atoms with van der Waals surface area (Å²) in [6, 6.07) is 4.35. The highest BCUT2D eigenvalue weighted by atomic mass is 16.7. The zero-order chi connectivity index (χ0) is 17.0. The van der Waals surface area contributed by atoms with Gasteiger partial charge in [-0.3, -0.25) is 4.79 Å². The van der Waals surface area contributed by atoms with E-state index >= 15 is 0 Å². The molecule has 0 radical (unpaired) electrons. The zero-order valence-electron chi connectivity index (χ0n) is 13.9. The van der Waals surface area contributed by atoms with Crippen molar-refractivity contribution in [1.82, 2.24) is 9.80 Å². The van der Waals surface area contributed by atoms with E-state index in [4.69, 9.17) is 14.2 Å². The van der Waals surface area contributed by atoms with Gasteiger partial charge in [-0.25, -0.2) is 4.79 Å². The fourth-order valence-electron chi connectivity index (χ4n) is 2.04. The molecule has 0 unspecified atom stereocenters. The van der Waals surface area contributed by atoms with Crippen LogP contribution < -0.4 is 9.47 Å². The number of nitrogens with zero attached hydrogens (tertiary/aromatic N) is 2. The Bertz CT molecular complexity index is 588. The van der Waals surface area contributed by atoms with Crippen molar-refractivity contribution in [2.45, 2.75) is 13.0 Å². The summed E-state index contributed by atoms with van der Waals surface area (Å²) in [5.41, 5.74) is 0.467. The maximum absolute atomic E-state index is 12.5. The summed E-state index contributed by atoms with van der Waals surface area (Å²) >= 11 is 0. The Labute approximate surface area is 135 Å². The number of fused-ring (bicyclic) bond motifs is 1. The molecule has 1 heterocycles. The number of carbonyl (C=O) groups excluding carboxylic acids is 2. The smallest absolute Gasteiger partial charge is 0.410 e. The lowest BCUT2D eigenvalue weighted by molar-refractivity contribution is 0.0743. The predicted octanol–water partition coefficient (Wildman–Crippen LogP) is 1.62. The minimum Gasteiger partial charge on any atom is -0.454 e. The molecule has 126 valence electrons. The summed E-state index contributed by atoms with van der Waals surface area (Å²) in [7, 11) is 5.33. The number of hydrogen-bond acceptors (Lipinski definition) is 6. The number of rotatable bonds is 6. The van der Waals surface area contributed by atoms with Crippen LogP contribution in [0, 0.1) is 0 Å². The molecule has 1 atom stereocenters. The Balaban J connectivity index is 1.97. The van der Waals surface area contributed by atoms with Crippen molar-refractivity contribution >= 4 is 11.9 Å². The van der Waals surface area contributed by atoms with Crippen LogP contribution >= 0.6 is 0 Å². The van der Waals surface area contributed by atoms with Gasteiger partial charge in [-0.05, 0) is 39.2 Å². The molecule has 1 amide bonds. The largest absolute Gasteiger partial charge is 0.454 e. The summed E-state index contributed by atoms with van der Waals surface area (Å²) in [6.45, 7) is 2.73. The molecular weight excluding hydrogens is 300 g/mol. The van der Waals surface area contributed by atoms with Crippen LogP contribution in [0.3, 0.4) is 0 Å². The topological polar surface area (TPSA) is 68.3 Å². The van der Waals surface area contributed by atoms with Crippen molar-refractivity contribution in [1.29, 1.82) is 0 Å². The number of hydrogen-bond donors (Lipinski definition) is 0. The molecule has 1 aromatic carbocycles. The Morgan fingerprint density at radius 1 is 1.22 bits per heavy atom. The van der Waals surface area contributed by atoms with Crippen LogP contribution in [-0.4, -0.2) is 68.8 Å². The maximum atomic E-state index is 12.5. The van der Waals surface area contributed by atoms with Gasteiger partial charge in [0.25, 0.3) is 0 Å². The van der Waals surface area contributed by atoms with Gasteiger partial charge in [-0.1, -0.05) is 0 Å². The molecule has 0 spiro atoms. The molecule has 0 aliphatic carbocycles. The molecule has 0 fully saturated rings. The molecule has 0 bridgehead atoms. The van der Waals surface area contributed by atoms with Crippen LogP contribution in [0.1, 0.15) is 17.3 Å². The molecule has 0 N–H and O–H groups in total. The standard InChI is InChI=1S/C16H22N2O5/c1-11(18(4)16(20)21-8-7-17(2)3)15(19)12-5-6-13-14(9-12)23-10-22-13/h5-6,9,11H,7-8,10H2,1-4H3/t11-/m0/s1. The van der Waals surface area contributed by atoms with Gasteiger partial charge in [-0.2, -0.15) is 0 Å². The summed E-state index contributed by atoms with van der Waals surface area (Å²) in [5, 5.41) is 0. The lowest BCUT2D eigenvalue weighted by Crippen LogP contribution is -2.41. The second-order valence-corrected chi connectivity index (χ2v) is 5.64. The zero-order valence-corrected chi connectivity index (χ0v) is 13.9. The number of benzene rings is 1. The molecule has 23 heavy (non-hydrogen) atoms. The average Bonchev–Trinajstić information content (AvgIpc) is 2.99. The summed E-state index contributed by atoms with van der Waals surface area (Å²) < 4.78 is 15.6. The van der Waals surface area contributed by atoms with Crippen molar-refractivity contribution in [2.75, 3.05) is 41.1 Å². The first-order valence-electron chi connectivity index (χ1n) is 7.38. The highest BCUT2D eigenvalue weighted by molar-refractivity contribution is 6.01. The molecule has 2 rings (SSSR count). The third kappa shape index (κ3) is 4.13. The SMILES string of the molecule is C[C@@H](C(=O)c1ccc2c(c1)OCO2)N(C)C(=O)OCCN(C)C. The second-order valence-electron chi connectivity index (χ2n) is 5.64. The van der Waals surface area contributed by atoms with Gasteiger partial charge in [0.1, 0.15) is 6.61 Å². The summed E-state index contributed by atoms with van der Waals surface area (Å²) in [4.78, 5) is 27.7. The quantitative estimate of drug-likeness (QED) is 0.741. The molecule has 0 aromatic heterocycles. The van der Waals surface area contributed by atoms with Crippen molar-refractivity contribution in [3.05, 3.63) is 23.8 Å². The van der Waals surface area contributed by atoms with Crippen LogP contribution in [0.15, 0.2) is 18.2 Å². The van der Waals surface area contributed by atoms with Crippen molar-refractivity contribution in [3.63, 3.8) is 0 Å². The van der Waals surface area contributed by atoms with Gasteiger partial charge in [0, 0.05) is 19.2 Å². The van der Waals surface area contributed by atoms with Gasteiger partial charge in [-0.15, -0.1) is 0 Å². The molecule has 0 saturated carbocycles. The predicted molar refractivity (Wildman–Crippen MR) is 84.0 cm³/mol. The number of ketones is 1. The minimum absolute atomic E-state index is 0.153. The fraction of sp³-hybridized carbons (Fsp3) is 0.500. The second kappa shape index (κ2) is 7.32. The lowest BCUT2D eigenvalue weighted by atomic mass is 10.0. The van der Waals surface area contributed by atoms with Gasteiger partial charge < -0.3 is 24.0 Å². The summed E-state index contributed by atoms with van der Waals surface area (Å²) in [5.74, 6) is 0.972. The highest BCUT2D eigenvalue weighted by Crippen LogP contribution is 2.32. The van der Waals surface area contributed by atoms with Crippen LogP contribution in [0.25, 0.3) is 0 Å². The molecule has 7 nitrogen and oxygen atoms in total. The fourth-order valence-corrected chi connectivity index (χ4v) is 2.04. The number of Topliss-reactive ketones (excluding diaryl/α,β-unsaturated/α-hetero) is 1. The number of ether oxygens (including phenoxy) is 3. The maximum Gasteiger partial charge on any atom is 0.410 e. The summed E-state index contributed by atoms with van der Waals surface area (Å²) in [6.07, 6.45) is -0.520. The first-order chi connectivity index (χ1) is 10.9. The number of amides is 1. The van der Waals surface area contributed by atoms with E-state index < -0.39 is 12.1 Å². The number of carbonyl (C=O) groups is 2. The Hall–Kier alpha value is -2.28. The molecular formula is C16H22N2O5. The van der Waals surface area contributed by atoms with Crippen LogP contribution in [0.5, 0.6) is 11.5 Å². The molecule has 7 heteroatoms. The van der Waals surface area contributed by atoms with E-state index in [1.54, 1.807) is 32.2 Å². The van der Waals surface area contributed by atoms with Crippen molar-refractivity contribution in [3.8, 4) is 11.5 Å². The monoisotopic (exact) mass is 322 g/mol. The Morgan fingerprint density at radius 3 is 2.61 bits per heavy atom. The van der Waals surface area contributed by atoms with Crippen LogP contribution in [0.4, 0.5) is 4.79 Å². The molecule has 1 aliphatic heterocycles. The first-order valence-corrected chi connectivity index (χ1v) is 7.38. The van der Waals surface area contributed by atoms with Crippen molar-refractivity contribution < 1.29 is 23.8 Å². The first kappa shape index (κ1) is 17.1. The Kier molecular flexibility index (Phi) is 5.44. The lowest BCUT2D eigenvalue weighted by Gasteiger charge is -2.23. The van der Waals surface area contributed by atoms with Crippen LogP contribution in [0.2, 0.25) is 0 Å². The number of likely N-dealkylation sites (N-methyl/N-ethyl adjacent to an activating group) is 2. The van der Waals surface area contributed by atoms with E-state index in [2.05, 4.69) is 0 Å². The third-order valence-corrected chi connectivity index (χ3v) is 3.67. The van der Waals surface area contributed by atoms with Crippen molar-refractivity contribution in [2.24, 2.45) is 0 Å². The van der Waals surface area contributed by atoms with Gasteiger partial charge in [0.15, 0.2) is 17.3 Å². The van der Waals surface area contributed by atoms with Gasteiger partial charge in [0.2, 0.25) is 6.79 Å². The normalized spacial score (nSPS) is 13.8. The Morgan fingerprint density at radius 2 is 1.91 bits per heavy atom. The molecule has 0 saturated heterocycles. The molecule has 1 aliphatic rings.